The van der Waals surface area contributed by atoms with Crippen molar-refractivity contribution in [2.75, 3.05) is 7.11 Å². The number of aromatic nitrogens is 2. The summed E-state index contributed by atoms with van der Waals surface area (Å²) in [5.74, 6) is 0.635. The molecule has 0 saturated heterocycles. The summed E-state index contributed by atoms with van der Waals surface area (Å²) in [7, 11) is 1.55. The van der Waals surface area contributed by atoms with Crippen LogP contribution in [0.15, 0.2) is 63.6 Å². The Bertz CT molecular complexity index is 1030. The molecule has 1 N–H and O–H groups in total. The summed E-state index contributed by atoms with van der Waals surface area (Å²) in [6.45, 7) is 1.70. The Hall–Kier alpha value is -3.75. The molecule has 0 fully saturated rings. The fourth-order valence-corrected chi connectivity index (χ4v) is 2.34. The highest BCUT2D eigenvalue weighted by Crippen LogP contribution is 2.23. The number of nitrogens with one attached hydrogen (secondary N) is 1. The number of nitro groups is 1. The predicted octanol–water partition coefficient (Wildman–Crippen LogP) is 3.81. The molecule has 26 heavy (non-hydrogen) atoms. The average Bonchev–Trinajstić information content (AvgIpc) is 2.94. The van der Waals surface area contributed by atoms with Crippen LogP contribution >= 0.6 is 0 Å². The van der Waals surface area contributed by atoms with Crippen LogP contribution in [0.2, 0.25) is 0 Å². The van der Waals surface area contributed by atoms with E-state index in [9.17, 15) is 14.9 Å². The molecule has 9 heteroatoms. The van der Waals surface area contributed by atoms with Crippen molar-refractivity contribution in [3.8, 4) is 11.4 Å². The molecule has 0 unspecified atom stereocenters. The first kappa shape index (κ1) is 17.1. The molecule has 3 rings (SSSR count). The molecule has 0 radical (unpaired) electrons. The molecule has 1 heterocycles. The van der Waals surface area contributed by atoms with Crippen molar-refractivity contribution in [1.29, 1.82) is 0 Å². The van der Waals surface area contributed by atoms with E-state index >= 15 is 0 Å². The number of non-ortho nitro benzene ring substituents is 1. The molecule has 0 saturated carbocycles. The molecule has 0 aliphatic rings. The number of hydrogen-bond acceptors (Lipinski definition) is 6. The summed E-state index contributed by atoms with van der Waals surface area (Å²) in [4.78, 5) is 22.8. The number of methoxy groups -OCH3 is 1. The first-order valence-corrected chi connectivity index (χ1v) is 7.62. The smallest absolute Gasteiger partial charge is 0.299 e. The van der Waals surface area contributed by atoms with Gasteiger partial charge in [-0.25, -0.2) is 4.68 Å². The van der Waals surface area contributed by atoms with Gasteiger partial charge in [-0.05, 0) is 31.2 Å². The summed E-state index contributed by atoms with van der Waals surface area (Å²) in [6, 6.07) is 12.6. The number of aromatic amines is 1. The highest BCUT2D eigenvalue weighted by Gasteiger charge is 2.13. The van der Waals surface area contributed by atoms with Crippen LogP contribution < -0.4 is 10.3 Å². The van der Waals surface area contributed by atoms with E-state index in [0.29, 0.717) is 22.8 Å². The molecule has 9 nitrogen and oxygen atoms in total. The third kappa shape index (κ3) is 3.36. The lowest BCUT2D eigenvalue weighted by Gasteiger charge is -2.00. The maximum Gasteiger partial charge on any atom is 0.299 e. The van der Waals surface area contributed by atoms with Gasteiger partial charge in [0.05, 0.1) is 29.1 Å². The van der Waals surface area contributed by atoms with Gasteiger partial charge in [0.1, 0.15) is 5.75 Å². The quantitative estimate of drug-likeness (QED) is 0.426. The number of aryl methyl sites for hydroxylation is 1. The Morgan fingerprint density at radius 3 is 2.54 bits per heavy atom. The Morgan fingerprint density at radius 1 is 1.15 bits per heavy atom. The number of rotatable bonds is 5. The SMILES string of the molecule is COc1cccc(N=Nc2c(C)[nH]n(-c3ccc([N+](=O)[O-])cc3)c2=O)c1. The van der Waals surface area contributed by atoms with E-state index in [0.717, 1.165) is 0 Å². The van der Waals surface area contributed by atoms with Gasteiger partial charge in [0.25, 0.3) is 11.2 Å². The minimum Gasteiger partial charge on any atom is -0.497 e. The van der Waals surface area contributed by atoms with Crippen LogP contribution in [0.3, 0.4) is 0 Å². The average molecular weight is 353 g/mol. The number of hydrogen-bond donors (Lipinski definition) is 1. The van der Waals surface area contributed by atoms with Gasteiger partial charge in [-0.3, -0.25) is 20.0 Å². The second-order valence-corrected chi connectivity index (χ2v) is 5.40. The Kier molecular flexibility index (Phi) is 4.61. The molecule has 0 aliphatic carbocycles. The zero-order valence-corrected chi connectivity index (χ0v) is 14.0. The van der Waals surface area contributed by atoms with Gasteiger partial charge >= 0.3 is 0 Å². The van der Waals surface area contributed by atoms with Gasteiger partial charge in [-0.15, -0.1) is 5.11 Å². The molecule has 0 atom stereocenters. The van der Waals surface area contributed by atoms with Crippen molar-refractivity contribution in [2.45, 2.75) is 6.92 Å². The van der Waals surface area contributed by atoms with Gasteiger partial charge in [0, 0.05) is 18.2 Å². The second kappa shape index (κ2) is 7.01. The Morgan fingerprint density at radius 2 is 1.88 bits per heavy atom. The maximum atomic E-state index is 12.6. The molecule has 132 valence electrons. The van der Waals surface area contributed by atoms with Crippen LogP contribution in [0.1, 0.15) is 5.69 Å². The fourth-order valence-electron chi connectivity index (χ4n) is 2.34. The van der Waals surface area contributed by atoms with Gasteiger partial charge < -0.3 is 4.74 Å². The van der Waals surface area contributed by atoms with E-state index < -0.39 is 10.5 Å². The summed E-state index contributed by atoms with van der Waals surface area (Å²) >= 11 is 0. The van der Waals surface area contributed by atoms with Crippen LogP contribution in [-0.2, 0) is 0 Å². The largest absolute Gasteiger partial charge is 0.497 e. The monoisotopic (exact) mass is 353 g/mol. The molecule has 0 amide bonds. The number of nitro benzene ring substituents is 1. The molecule has 0 aliphatic heterocycles. The number of ether oxygens (including phenoxy) is 1. The van der Waals surface area contributed by atoms with Crippen LogP contribution in [-0.4, -0.2) is 21.8 Å². The summed E-state index contributed by atoms with van der Waals surface area (Å²) in [6.07, 6.45) is 0. The highest BCUT2D eigenvalue weighted by molar-refractivity contribution is 5.47. The molecule has 2 aromatic carbocycles. The normalized spacial score (nSPS) is 11.0. The van der Waals surface area contributed by atoms with Crippen molar-refractivity contribution in [3.63, 3.8) is 0 Å². The highest BCUT2D eigenvalue weighted by atomic mass is 16.6. The lowest BCUT2D eigenvalue weighted by Crippen LogP contribution is -2.13. The first-order valence-electron chi connectivity index (χ1n) is 7.62. The minimum atomic E-state index is -0.500. The topological polar surface area (TPSA) is 115 Å². The zero-order chi connectivity index (χ0) is 18.7. The van der Waals surface area contributed by atoms with Crippen molar-refractivity contribution < 1.29 is 9.66 Å². The predicted molar refractivity (Wildman–Crippen MR) is 95.0 cm³/mol. The Labute approximate surface area is 147 Å². The first-order chi connectivity index (χ1) is 12.5. The van der Waals surface area contributed by atoms with E-state index in [-0.39, 0.29) is 11.4 Å². The van der Waals surface area contributed by atoms with Crippen molar-refractivity contribution in [1.82, 2.24) is 9.78 Å². The van der Waals surface area contributed by atoms with E-state index in [1.165, 1.54) is 28.9 Å². The molecule has 0 bridgehead atoms. The lowest BCUT2D eigenvalue weighted by atomic mass is 10.3. The fraction of sp³-hybridized carbons (Fsp3) is 0.118. The van der Waals surface area contributed by atoms with Gasteiger partial charge in [-0.1, -0.05) is 6.07 Å². The molecule has 1 aromatic heterocycles. The van der Waals surface area contributed by atoms with Crippen LogP contribution in [0, 0.1) is 17.0 Å². The molecule has 3 aromatic rings. The van der Waals surface area contributed by atoms with Crippen LogP contribution in [0.4, 0.5) is 17.1 Å². The zero-order valence-electron chi connectivity index (χ0n) is 14.0. The number of azo groups is 1. The van der Waals surface area contributed by atoms with Crippen molar-refractivity contribution >= 4 is 17.1 Å². The van der Waals surface area contributed by atoms with Crippen molar-refractivity contribution in [2.24, 2.45) is 10.2 Å². The minimum absolute atomic E-state index is 0.0528. The van der Waals surface area contributed by atoms with Gasteiger partial charge in [0.2, 0.25) is 0 Å². The van der Waals surface area contributed by atoms with E-state index in [1.807, 2.05) is 0 Å². The molecule has 0 spiro atoms. The lowest BCUT2D eigenvalue weighted by molar-refractivity contribution is -0.384. The van der Waals surface area contributed by atoms with E-state index in [1.54, 1.807) is 38.3 Å². The summed E-state index contributed by atoms with van der Waals surface area (Å²) in [5, 5.41) is 21.7. The number of H-pyrrole nitrogens is 1. The van der Waals surface area contributed by atoms with Crippen LogP contribution in [0.5, 0.6) is 5.75 Å². The summed E-state index contributed by atoms with van der Waals surface area (Å²) < 4.78 is 6.38. The third-order valence-electron chi connectivity index (χ3n) is 3.68. The third-order valence-corrected chi connectivity index (χ3v) is 3.68. The van der Waals surface area contributed by atoms with Crippen LogP contribution in [0.25, 0.3) is 5.69 Å². The standard InChI is InChI=1S/C17H15N5O4/c1-11-16(19-18-12-4-3-5-15(10-12)26-2)17(23)21(20-11)13-6-8-14(9-7-13)22(24)25/h3-10,20H,1-2H3. The number of nitrogens with zero attached hydrogens (tertiary/aromatic N) is 4. The van der Waals surface area contributed by atoms with Crippen molar-refractivity contribution in [3.05, 3.63) is 74.7 Å². The molecular formula is C17H15N5O4. The van der Waals surface area contributed by atoms with Gasteiger partial charge in [-0.2, -0.15) is 5.11 Å². The number of benzene rings is 2. The van der Waals surface area contributed by atoms with E-state index in [4.69, 9.17) is 4.74 Å². The summed E-state index contributed by atoms with van der Waals surface area (Å²) in [5.41, 5.74) is 1.25. The molecular weight excluding hydrogens is 338 g/mol. The maximum absolute atomic E-state index is 12.6. The second-order valence-electron chi connectivity index (χ2n) is 5.40. The Balaban J connectivity index is 1.94. The van der Waals surface area contributed by atoms with Gasteiger partial charge in [0.15, 0.2) is 5.69 Å². The van der Waals surface area contributed by atoms with E-state index in [2.05, 4.69) is 15.3 Å².